The summed E-state index contributed by atoms with van der Waals surface area (Å²) in [5.74, 6) is 0. The average molecular weight is 228 g/mol. The van der Waals surface area contributed by atoms with Crippen molar-refractivity contribution < 1.29 is 0 Å². The highest BCUT2D eigenvalue weighted by Gasteiger charge is 2.14. The first kappa shape index (κ1) is 13.9. The minimum absolute atomic E-state index is 0.269. The quantitative estimate of drug-likeness (QED) is 0.482. The minimum atomic E-state index is 0.269. The zero-order valence-corrected chi connectivity index (χ0v) is 10.3. The van der Waals surface area contributed by atoms with Crippen LogP contribution in [0.4, 0.5) is 0 Å². The van der Waals surface area contributed by atoms with Crippen LogP contribution in [-0.2, 0) is 0 Å². The van der Waals surface area contributed by atoms with Gasteiger partial charge in [0.15, 0.2) is 0 Å². The molecular formula is C12H28N4. The maximum absolute atomic E-state index is 6.03. The summed E-state index contributed by atoms with van der Waals surface area (Å²) in [5.41, 5.74) is 24.1. The van der Waals surface area contributed by atoms with E-state index in [1.54, 1.807) is 0 Å². The highest BCUT2D eigenvalue weighted by Crippen LogP contribution is 2.14. The van der Waals surface area contributed by atoms with Gasteiger partial charge in [0, 0.05) is 24.2 Å². The molecule has 0 saturated heterocycles. The molecule has 4 nitrogen and oxygen atoms in total. The van der Waals surface area contributed by atoms with Gasteiger partial charge < -0.3 is 22.9 Å². The Morgan fingerprint density at radius 2 is 0.500 bits per heavy atom. The molecule has 16 heavy (non-hydrogen) atoms. The van der Waals surface area contributed by atoms with Crippen LogP contribution < -0.4 is 22.9 Å². The van der Waals surface area contributed by atoms with Crippen LogP contribution in [0.5, 0.6) is 0 Å². The molecule has 8 N–H and O–H groups in total. The van der Waals surface area contributed by atoms with E-state index in [1.165, 1.54) is 0 Å². The first-order chi connectivity index (χ1) is 7.58. The van der Waals surface area contributed by atoms with Crippen molar-refractivity contribution in [2.45, 2.75) is 75.5 Å². The molecule has 1 saturated carbocycles. The summed E-state index contributed by atoms with van der Waals surface area (Å²) < 4.78 is 0. The lowest BCUT2D eigenvalue weighted by atomic mass is 9.93. The highest BCUT2D eigenvalue weighted by molar-refractivity contribution is 4.76. The van der Waals surface area contributed by atoms with Crippen molar-refractivity contribution in [2.75, 3.05) is 0 Å². The van der Waals surface area contributed by atoms with Crippen molar-refractivity contribution in [3.8, 4) is 0 Å². The predicted octanol–water partition coefficient (Wildman–Crippen LogP) is 0.430. The Bertz CT molecular complexity index is 130. The van der Waals surface area contributed by atoms with Crippen LogP contribution in [0.2, 0.25) is 0 Å². The lowest BCUT2D eigenvalue weighted by molar-refractivity contribution is 0.395. The Kier molecular flexibility index (Phi) is 6.28. The van der Waals surface area contributed by atoms with Gasteiger partial charge in [-0.15, -0.1) is 0 Å². The summed E-state index contributed by atoms with van der Waals surface area (Å²) in [7, 11) is 0. The minimum Gasteiger partial charge on any atom is -0.328 e. The molecule has 0 unspecified atom stereocenters. The van der Waals surface area contributed by atoms with E-state index in [-0.39, 0.29) is 24.2 Å². The molecule has 1 rings (SSSR count). The van der Waals surface area contributed by atoms with Gasteiger partial charge in [-0.2, -0.15) is 0 Å². The second-order valence-electron chi connectivity index (χ2n) is 5.35. The number of nitrogens with two attached hydrogens (primary N) is 4. The summed E-state index contributed by atoms with van der Waals surface area (Å²) >= 11 is 0. The van der Waals surface area contributed by atoms with E-state index < -0.39 is 0 Å². The molecule has 1 fully saturated rings. The molecule has 1 aliphatic rings. The second-order valence-corrected chi connectivity index (χ2v) is 5.35. The van der Waals surface area contributed by atoms with Crippen LogP contribution in [0.1, 0.15) is 51.4 Å². The third kappa shape index (κ3) is 5.80. The number of hydrogen-bond acceptors (Lipinski definition) is 4. The summed E-state index contributed by atoms with van der Waals surface area (Å²) in [4.78, 5) is 0. The Hall–Kier alpha value is -0.160. The third-order valence-corrected chi connectivity index (χ3v) is 3.63. The fraction of sp³-hybridized carbons (Fsp3) is 1.00. The first-order valence-corrected chi connectivity index (χ1v) is 6.60. The summed E-state index contributed by atoms with van der Waals surface area (Å²) in [6, 6.07) is 1.07. The lowest BCUT2D eigenvalue weighted by Gasteiger charge is -2.22. The molecule has 0 heterocycles. The fourth-order valence-electron chi connectivity index (χ4n) is 2.29. The molecule has 0 spiro atoms. The van der Waals surface area contributed by atoms with Crippen molar-refractivity contribution in [3.63, 3.8) is 0 Å². The Labute approximate surface area is 99.1 Å². The van der Waals surface area contributed by atoms with E-state index in [2.05, 4.69) is 0 Å². The molecule has 0 aromatic heterocycles. The molecule has 0 atom stereocenters. The average Bonchev–Trinajstić information content (AvgIpc) is 2.27. The van der Waals surface area contributed by atoms with E-state index in [9.17, 15) is 0 Å². The van der Waals surface area contributed by atoms with E-state index in [0.29, 0.717) is 0 Å². The summed E-state index contributed by atoms with van der Waals surface area (Å²) in [5, 5.41) is 0. The van der Waals surface area contributed by atoms with Gasteiger partial charge in [-0.3, -0.25) is 0 Å². The summed E-state index contributed by atoms with van der Waals surface area (Å²) in [6.07, 6.45) is 8.14. The zero-order chi connectivity index (χ0) is 12.0. The first-order valence-electron chi connectivity index (χ1n) is 6.60. The molecule has 0 aliphatic heterocycles. The van der Waals surface area contributed by atoms with Crippen LogP contribution in [0.25, 0.3) is 0 Å². The Morgan fingerprint density at radius 1 is 0.375 bits per heavy atom. The van der Waals surface area contributed by atoms with E-state index in [4.69, 9.17) is 22.9 Å². The highest BCUT2D eigenvalue weighted by atomic mass is 14.7. The van der Waals surface area contributed by atoms with Gasteiger partial charge in [0.2, 0.25) is 0 Å². The van der Waals surface area contributed by atoms with Gasteiger partial charge in [0.05, 0.1) is 0 Å². The maximum Gasteiger partial charge on any atom is 0.00399 e. The zero-order valence-electron chi connectivity index (χ0n) is 10.3. The van der Waals surface area contributed by atoms with Gasteiger partial charge in [0.1, 0.15) is 0 Å². The molecule has 0 aromatic rings. The standard InChI is InChI=1S/C12H28N4/c13-9-1-2-10(14)5-6-12(16)8-7-11(15)4-3-9/h9-12H,1-8,13-16H2. The molecule has 0 radical (unpaired) electrons. The van der Waals surface area contributed by atoms with E-state index in [0.717, 1.165) is 51.4 Å². The van der Waals surface area contributed by atoms with E-state index >= 15 is 0 Å². The number of hydrogen-bond donors (Lipinski definition) is 4. The van der Waals surface area contributed by atoms with Gasteiger partial charge in [-0.25, -0.2) is 0 Å². The molecule has 1 aliphatic carbocycles. The van der Waals surface area contributed by atoms with Gasteiger partial charge in [-0.05, 0) is 51.4 Å². The molecule has 96 valence electrons. The van der Waals surface area contributed by atoms with Crippen LogP contribution in [0.3, 0.4) is 0 Å². The third-order valence-electron chi connectivity index (χ3n) is 3.63. The maximum atomic E-state index is 6.03. The Balaban J connectivity index is 2.39. The summed E-state index contributed by atoms with van der Waals surface area (Å²) in [6.45, 7) is 0. The van der Waals surface area contributed by atoms with Crippen LogP contribution in [0, 0.1) is 0 Å². The smallest absolute Gasteiger partial charge is 0.00399 e. The van der Waals surface area contributed by atoms with Crippen molar-refractivity contribution in [3.05, 3.63) is 0 Å². The van der Waals surface area contributed by atoms with Gasteiger partial charge in [0.25, 0.3) is 0 Å². The SMILES string of the molecule is NC1CCC(N)CCC(N)CCC(N)CC1. The monoisotopic (exact) mass is 228 g/mol. The molecule has 0 bridgehead atoms. The number of rotatable bonds is 0. The van der Waals surface area contributed by atoms with Crippen molar-refractivity contribution in [1.29, 1.82) is 0 Å². The predicted molar refractivity (Wildman–Crippen MR) is 68.8 cm³/mol. The van der Waals surface area contributed by atoms with Gasteiger partial charge >= 0.3 is 0 Å². The van der Waals surface area contributed by atoms with Crippen LogP contribution in [0.15, 0.2) is 0 Å². The lowest BCUT2D eigenvalue weighted by Crippen LogP contribution is -2.33. The molecule has 0 amide bonds. The van der Waals surface area contributed by atoms with Crippen LogP contribution in [-0.4, -0.2) is 24.2 Å². The van der Waals surface area contributed by atoms with Crippen LogP contribution >= 0.6 is 0 Å². The van der Waals surface area contributed by atoms with E-state index in [1.807, 2.05) is 0 Å². The molecular weight excluding hydrogens is 200 g/mol. The van der Waals surface area contributed by atoms with Crippen molar-refractivity contribution in [2.24, 2.45) is 22.9 Å². The largest absolute Gasteiger partial charge is 0.328 e. The van der Waals surface area contributed by atoms with Gasteiger partial charge in [-0.1, -0.05) is 0 Å². The van der Waals surface area contributed by atoms with Crippen molar-refractivity contribution in [1.82, 2.24) is 0 Å². The fourth-order valence-corrected chi connectivity index (χ4v) is 2.29. The topological polar surface area (TPSA) is 104 Å². The van der Waals surface area contributed by atoms with Crippen molar-refractivity contribution >= 4 is 0 Å². The second kappa shape index (κ2) is 7.22. The Morgan fingerprint density at radius 3 is 0.625 bits per heavy atom. The molecule has 0 aromatic carbocycles. The normalized spacial score (nSPS) is 39.8. The molecule has 4 heteroatoms.